The van der Waals surface area contributed by atoms with Gasteiger partial charge in [0.25, 0.3) is 0 Å². The van der Waals surface area contributed by atoms with E-state index in [0.717, 1.165) is 77.0 Å². The number of carbonyl (C=O) groups is 3. The third-order valence-corrected chi connectivity index (χ3v) is 15.5. The fourth-order valence-electron chi connectivity index (χ4n) is 10.4. The fraction of sp³-hybridized carbons (Fsp3) is 0.899. The summed E-state index contributed by atoms with van der Waals surface area (Å²) in [6.07, 6.45) is 77.7. The van der Waals surface area contributed by atoms with Crippen LogP contribution in [0.1, 0.15) is 380 Å². The molecular weight excluding hydrogens is 925 g/mol. The Bertz CT molecular complexity index is 1150. The standard InChI is InChI=1S/C69H130O6/c1-4-7-10-13-16-19-22-25-28-30-32-34-36-38-41-43-46-49-52-55-58-61-67(70)73-64-66(75-69(72)63-60-57-54-51-48-45-40-27-24-21-18-15-12-9-6-3)65-74-68(71)62-59-56-53-50-47-44-42-39-37-35-33-31-29-26-23-20-17-14-11-8-5-2/h18,21,27,40,66H,4-17,19-20,22-26,28-39,41-65H2,1-3H3/b21-18-,40-27-. The van der Waals surface area contributed by atoms with E-state index in [0.29, 0.717) is 19.3 Å². The second kappa shape index (κ2) is 64.4. The Labute approximate surface area is 468 Å². The highest BCUT2D eigenvalue weighted by molar-refractivity contribution is 5.71. The van der Waals surface area contributed by atoms with E-state index in [-0.39, 0.29) is 31.1 Å². The van der Waals surface area contributed by atoms with Crippen LogP contribution in [0.2, 0.25) is 0 Å². The number of carbonyl (C=O) groups excluding carboxylic acids is 3. The minimum atomic E-state index is -0.775. The molecule has 0 fully saturated rings. The average Bonchev–Trinajstić information content (AvgIpc) is 3.41. The second-order valence-corrected chi connectivity index (χ2v) is 23.1. The van der Waals surface area contributed by atoms with Gasteiger partial charge in [0.05, 0.1) is 0 Å². The Morgan fingerprint density at radius 2 is 0.480 bits per heavy atom. The maximum Gasteiger partial charge on any atom is 0.306 e. The molecular formula is C69H130O6. The van der Waals surface area contributed by atoms with Crippen LogP contribution in [0.25, 0.3) is 0 Å². The third-order valence-electron chi connectivity index (χ3n) is 15.5. The van der Waals surface area contributed by atoms with Crippen molar-refractivity contribution in [2.24, 2.45) is 0 Å². The lowest BCUT2D eigenvalue weighted by Gasteiger charge is -2.18. The summed E-state index contributed by atoms with van der Waals surface area (Å²) in [7, 11) is 0. The molecule has 0 aromatic carbocycles. The number of esters is 3. The number of hydrogen-bond acceptors (Lipinski definition) is 6. The molecule has 0 atom stereocenters. The Hall–Kier alpha value is -2.11. The molecule has 0 spiro atoms. The van der Waals surface area contributed by atoms with E-state index in [4.69, 9.17) is 14.2 Å². The molecule has 0 amide bonds. The Morgan fingerprint density at radius 3 is 0.760 bits per heavy atom. The molecule has 0 aromatic rings. The van der Waals surface area contributed by atoms with Crippen LogP contribution < -0.4 is 0 Å². The first-order chi connectivity index (χ1) is 37.0. The van der Waals surface area contributed by atoms with Crippen LogP contribution in [0, 0.1) is 0 Å². The van der Waals surface area contributed by atoms with E-state index < -0.39 is 6.10 Å². The Balaban J connectivity index is 4.27. The second-order valence-electron chi connectivity index (χ2n) is 23.1. The van der Waals surface area contributed by atoms with Crippen molar-refractivity contribution in [3.05, 3.63) is 24.3 Å². The van der Waals surface area contributed by atoms with Crippen LogP contribution in [0.5, 0.6) is 0 Å². The summed E-state index contributed by atoms with van der Waals surface area (Å²) in [4.78, 5) is 38.4. The molecule has 0 aliphatic heterocycles. The summed E-state index contributed by atoms with van der Waals surface area (Å²) >= 11 is 0. The summed E-state index contributed by atoms with van der Waals surface area (Å²) in [5, 5.41) is 0. The molecule has 0 bridgehead atoms. The zero-order valence-corrected chi connectivity index (χ0v) is 50.8. The van der Waals surface area contributed by atoms with Crippen molar-refractivity contribution in [2.75, 3.05) is 13.2 Å². The lowest BCUT2D eigenvalue weighted by Crippen LogP contribution is -2.30. The number of hydrogen-bond donors (Lipinski definition) is 0. The SMILES string of the molecule is CCCCC/C=C\C/C=C\CCCCCCCC(=O)OC(COC(=O)CCCCCCCCCCCCCCCCCCCCCCC)COC(=O)CCCCCCCCCCCCCCCCCCCCCCC. The molecule has 0 aromatic heterocycles. The highest BCUT2D eigenvalue weighted by atomic mass is 16.6. The molecule has 0 aliphatic carbocycles. The maximum atomic E-state index is 12.9. The van der Waals surface area contributed by atoms with Gasteiger partial charge in [-0.25, -0.2) is 0 Å². The zero-order chi connectivity index (χ0) is 54.3. The third kappa shape index (κ3) is 62.6. The summed E-state index contributed by atoms with van der Waals surface area (Å²) in [5.74, 6) is -0.853. The molecule has 0 radical (unpaired) electrons. The van der Waals surface area contributed by atoms with Crippen molar-refractivity contribution in [3.8, 4) is 0 Å². The van der Waals surface area contributed by atoms with Gasteiger partial charge < -0.3 is 14.2 Å². The molecule has 0 unspecified atom stereocenters. The van der Waals surface area contributed by atoms with Gasteiger partial charge in [-0.15, -0.1) is 0 Å². The highest BCUT2D eigenvalue weighted by Crippen LogP contribution is 2.18. The van der Waals surface area contributed by atoms with Crippen molar-refractivity contribution in [3.63, 3.8) is 0 Å². The molecule has 6 heteroatoms. The number of rotatable bonds is 63. The minimum absolute atomic E-state index is 0.0708. The molecule has 0 aliphatic rings. The predicted molar refractivity (Wildman–Crippen MR) is 326 cm³/mol. The van der Waals surface area contributed by atoms with E-state index in [1.54, 1.807) is 0 Å². The van der Waals surface area contributed by atoms with Crippen LogP contribution in [-0.4, -0.2) is 37.2 Å². The van der Waals surface area contributed by atoms with Crippen LogP contribution >= 0.6 is 0 Å². The van der Waals surface area contributed by atoms with E-state index in [1.165, 1.54) is 263 Å². The normalized spacial score (nSPS) is 11.7. The van der Waals surface area contributed by atoms with Crippen molar-refractivity contribution >= 4 is 17.9 Å². The quantitative estimate of drug-likeness (QED) is 0.0261. The van der Waals surface area contributed by atoms with Crippen molar-refractivity contribution < 1.29 is 28.6 Å². The van der Waals surface area contributed by atoms with Gasteiger partial charge in [0.15, 0.2) is 6.10 Å². The molecule has 442 valence electrons. The molecule has 0 rings (SSSR count). The molecule has 0 saturated carbocycles. The van der Waals surface area contributed by atoms with E-state index in [2.05, 4.69) is 45.1 Å². The van der Waals surface area contributed by atoms with Gasteiger partial charge in [0, 0.05) is 19.3 Å². The van der Waals surface area contributed by atoms with E-state index in [9.17, 15) is 14.4 Å². The van der Waals surface area contributed by atoms with Gasteiger partial charge in [-0.3, -0.25) is 14.4 Å². The smallest absolute Gasteiger partial charge is 0.306 e. The van der Waals surface area contributed by atoms with Gasteiger partial charge in [0.2, 0.25) is 0 Å². The molecule has 6 nitrogen and oxygen atoms in total. The van der Waals surface area contributed by atoms with Crippen LogP contribution in [0.3, 0.4) is 0 Å². The lowest BCUT2D eigenvalue weighted by atomic mass is 10.0. The van der Waals surface area contributed by atoms with E-state index >= 15 is 0 Å². The number of ether oxygens (including phenoxy) is 3. The zero-order valence-electron chi connectivity index (χ0n) is 50.8. The lowest BCUT2D eigenvalue weighted by molar-refractivity contribution is -0.167. The first-order valence-electron chi connectivity index (χ1n) is 33.8. The minimum Gasteiger partial charge on any atom is -0.462 e. The Kier molecular flexibility index (Phi) is 62.6. The predicted octanol–water partition coefficient (Wildman–Crippen LogP) is 23.0. The van der Waals surface area contributed by atoms with Gasteiger partial charge in [-0.2, -0.15) is 0 Å². The molecule has 0 heterocycles. The molecule has 0 saturated heterocycles. The van der Waals surface area contributed by atoms with E-state index in [1.807, 2.05) is 0 Å². The van der Waals surface area contributed by atoms with Gasteiger partial charge >= 0.3 is 17.9 Å². The van der Waals surface area contributed by atoms with Crippen molar-refractivity contribution in [1.29, 1.82) is 0 Å². The first-order valence-corrected chi connectivity index (χ1v) is 33.8. The van der Waals surface area contributed by atoms with Gasteiger partial charge in [-0.05, 0) is 51.4 Å². The monoisotopic (exact) mass is 1050 g/mol. The fourth-order valence-corrected chi connectivity index (χ4v) is 10.4. The maximum absolute atomic E-state index is 12.9. The summed E-state index contributed by atoms with van der Waals surface area (Å²) in [6.45, 7) is 6.69. The molecule has 0 N–H and O–H groups in total. The van der Waals surface area contributed by atoms with Crippen LogP contribution in [-0.2, 0) is 28.6 Å². The van der Waals surface area contributed by atoms with Crippen molar-refractivity contribution in [2.45, 2.75) is 386 Å². The number of unbranched alkanes of at least 4 members (excludes halogenated alkanes) is 48. The van der Waals surface area contributed by atoms with Gasteiger partial charge in [0.1, 0.15) is 13.2 Å². The topological polar surface area (TPSA) is 78.9 Å². The first kappa shape index (κ1) is 72.9. The molecule has 75 heavy (non-hydrogen) atoms. The summed E-state index contributed by atoms with van der Waals surface area (Å²) < 4.78 is 17.0. The summed E-state index contributed by atoms with van der Waals surface area (Å²) in [6, 6.07) is 0. The number of allylic oxidation sites excluding steroid dienone is 4. The Morgan fingerprint density at radius 1 is 0.267 bits per heavy atom. The summed E-state index contributed by atoms with van der Waals surface area (Å²) in [5.41, 5.74) is 0. The van der Waals surface area contributed by atoms with Gasteiger partial charge in [-0.1, -0.05) is 334 Å². The largest absolute Gasteiger partial charge is 0.462 e. The van der Waals surface area contributed by atoms with Crippen molar-refractivity contribution in [1.82, 2.24) is 0 Å². The van der Waals surface area contributed by atoms with Crippen LogP contribution in [0.4, 0.5) is 0 Å². The van der Waals surface area contributed by atoms with Crippen LogP contribution in [0.15, 0.2) is 24.3 Å². The average molecular weight is 1060 g/mol. The highest BCUT2D eigenvalue weighted by Gasteiger charge is 2.19.